The minimum absolute atomic E-state index is 0.244. The van der Waals surface area contributed by atoms with Crippen molar-refractivity contribution >= 4 is 5.95 Å². The summed E-state index contributed by atoms with van der Waals surface area (Å²) in [5, 5.41) is 3.45. The molecule has 0 unspecified atom stereocenters. The number of imidazole rings is 2. The third-order valence-corrected chi connectivity index (χ3v) is 6.49. The lowest BCUT2D eigenvalue weighted by Crippen LogP contribution is -2.28. The van der Waals surface area contributed by atoms with Crippen LogP contribution in [0.3, 0.4) is 0 Å². The zero-order valence-electron chi connectivity index (χ0n) is 17.7. The zero-order chi connectivity index (χ0) is 21.5. The lowest BCUT2D eigenvalue weighted by atomic mass is 9.93. The van der Waals surface area contributed by atoms with E-state index in [1.54, 1.807) is 24.5 Å². The SMILES string of the molecule is Fc1ccc(-c2nc3n(c2-c2ccnc(NC4CCC4)n2)[C@H](Cn2ccnc2)CC3)cc1. The first kappa shape index (κ1) is 19.2. The Labute approximate surface area is 185 Å². The molecule has 1 aromatic carbocycles. The molecule has 3 aromatic heterocycles. The van der Waals surface area contributed by atoms with Gasteiger partial charge in [-0.3, -0.25) is 0 Å². The van der Waals surface area contributed by atoms with Crippen molar-refractivity contribution in [2.75, 3.05) is 5.32 Å². The summed E-state index contributed by atoms with van der Waals surface area (Å²) in [6.07, 6.45) is 12.9. The fourth-order valence-electron chi connectivity index (χ4n) is 4.63. The van der Waals surface area contributed by atoms with E-state index in [-0.39, 0.29) is 11.9 Å². The van der Waals surface area contributed by atoms with Crippen molar-refractivity contribution in [1.29, 1.82) is 0 Å². The van der Waals surface area contributed by atoms with Crippen molar-refractivity contribution < 1.29 is 4.39 Å². The lowest BCUT2D eigenvalue weighted by Gasteiger charge is -2.26. The normalized spacial score (nSPS) is 17.8. The van der Waals surface area contributed by atoms with Gasteiger partial charge in [-0.25, -0.2) is 24.3 Å². The quantitative estimate of drug-likeness (QED) is 0.489. The van der Waals surface area contributed by atoms with Crippen LogP contribution >= 0.6 is 0 Å². The number of halogens is 1. The number of nitrogens with one attached hydrogen (secondary N) is 1. The predicted octanol–water partition coefficient (Wildman–Crippen LogP) is 4.49. The number of nitrogens with zero attached hydrogens (tertiary/aromatic N) is 6. The summed E-state index contributed by atoms with van der Waals surface area (Å²) in [6.45, 7) is 0.817. The minimum atomic E-state index is -0.256. The van der Waals surface area contributed by atoms with Crippen molar-refractivity contribution in [2.45, 2.75) is 50.7 Å². The van der Waals surface area contributed by atoms with Gasteiger partial charge in [-0.2, -0.15) is 0 Å². The van der Waals surface area contributed by atoms with Crippen molar-refractivity contribution in [3.05, 3.63) is 66.9 Å². The van der Waals surface area contributed by atoms with E-state index in [0.717, 1.165) is 60.7 Å². The first-order valence-electron chi connectivity index (χ1n) is 11.2. The Morgan fingerprint density at radius 1 is 1.03 bits per heavy atom. The van der Waals surface area contributed by atoms with Gasteiger partial charge in [0.25, 0.3) is 0 Å². The van der Waals surface area contributed by atoms with E-state index in [4.69, 9.17) is 9.97 Å². The van der Waals surface area contributed by atoms with E-state index in [1.165, 1.54) is 18.6 Å². The topological polar surface area (TPSA) is 73.5 Å². The summed E-state index contributed by atoms with van der Waals surface area (Å²) < 4.78 is 18.0. The molecule has 0 saturated heterocycles. The van der Waals surface area contributed by atoms with Crippen LogP contribution in [0, 0.1) is 5.82 Å². The van der Waals surface area contributed by atoms with Crippen LogP contribution in [0.5, 0.6) is 0 Å². The van der Waals surface area contributed by atoms with Crippen LogP contribution in [0.1, 0.15) is 37.5 Å². The summed E-state index contributed by atoms with van der Waals surface area (Å²) in [5.41, 5.74) is 3.52. The Kier molecular flexibility index (Phi) is 4.70. The molecule has 0 radical (unpaired) electrons. The maximum absolute atomic E-state index is 13.6. The van der Waals surface area contributed by atoms with Crippen LogP contribution in [0.4, 0.5) is 10.3 Å². The fraction of sp³-hybridized carbons (Fsp3) is 0.333. The van der Waals surface area contributed by atoms with Crippen LogP contribution in [-0.4, -0.2) is 35.1 Å². The van der Waals surface area contributed by atoms with Gasteiger partial charge in [-0.1, -0.05) is 0 Å². The second-order valence-electron chi connectivity index (χ2n) is 8.59. The maximum atomic E-state index is 13.6. The highest BCUT2D eigenvalue weighted by molar-refractivity contribution is 5.78. The molecule has 1 aliphatic heterocycles. The summed E-state index contributed by atoms with van der Waals surface area (Å²) in [6, 6.07) is 9.18. The first-order valence-corrected chi connectivity index (χ1v) is 11.2. The number of rotatable bonds is 6. The van der Waals surface area contributed by atoms with Gasteiger partial charge in [0.05, 0.1) is 29.5 Å². The van der Waals surface area contributed by atoms with E-state index in [1.807, 2.05) is 18.6 Å². The summed E-state index contributed by atoms with van der Waals surface area (Å²) in [5.74, 6) is 1.43. The largest absolute Gasteiger partial charge is 0.351 e. The van der Waals surface area contributed by atoms with Gasteiger partial charge in [-0.15, -0.1) is 0 Å². The Hall–Kier alpha value is -3.55. The molecule has 8 heteroatoms. The number of benzene rings is 1. The van der Waals surface area contributed by atoms with Gasteiger partial charge in [0.1, 0.15) is 11.6 Å². The molecule has 1 fully saturated rings. The average Bonchev–Trinajstić information content (AvgIpc) is 3.50. The highest BCUT2D eigenvalue weighted by atomic mass is 19.1. The number of hydrogen-bond acceptors (Lipinski definition) is 5. The van der Waals surface area contributed by atoms with Crippen molar-refractivity contribution in [1.82, 2.24) is 29.1 Å². The molecule has 1 N–H and O–H groups in total. The van der Waals surface area contributed by atoms with Crippen LogP contribution in [0.25, 0.3) is 22.6 Å². The van der Waals surface area contributed by atoms with Crippen molar-refractivity contribution in [3.63, 3.8) is 0 Å². The van der Waals surface area contributed by atoms with Crippen LogP contribution < -0.4 is 5.32 Å². The van der Waals surface area contributed by atoms with Gasteiger partial charge >= 0.3 is 0 Å². The van der Waals surface area contributed by atoms with Gasteiger partial charge < -0.3 is 14.5 Å². The Balaban J connectivity index is 1.46. The predicted molar refractivity (Wildman–Crippen MR) is 119 cm³/mol. The number of aryl methyl sites for hydroxylation is 1. The van der Waals surface area contributed by atoms with Crippen molar-refractivity contribution in [2.24, 2.45) is 0 Å². The lowest BCUT2D eigenvalue weighted by molar-refractivity contribution is 0.443. The standard InChI is InChI=1S/C24H24FN7/c25-17-6-4-16(5-7-17)22-23(20-10-11-27-24(29-20)28-18-2-1-3-18)32-19(8-9-21(32)30-22)14-31-13-12-26-15-31/h4-7,10-13,15,18-19H,1-3,8-9,14H2,(H,27,28,29)/t19-/m0/s1. The molecule has 32 heavy (non-hydrogen) atoms. The van der Waals surface area contributed by atoms with Gasteiger partial charge in [0.15, 0.2) is 0 Å². The molecule has 162 valence electrons. The van der Waals surface area contributed by atoms with Gasteiger partial charge in [0, 0.05) is 43.2 Å². The molecule has 4 aromatic rings. The van der Waals surface area contributed by atoms with Crippen LogP contribution in [0.2, 0.25) is 0 Å². The number of hydrogen-bond donors (Lipinski definition) is 1. The summed E-state index contributed by atoms with van der Waals surface area (Å²) in [7, 11) is 0. The zero-order valence-corrected chi connectivity index (χ0v) is 17.7. The summed E-state index contributed by atoms with van der Waals surface area (Å²) >= 11 is 0. The third kappa shape index (κ3) is 3.45. The first-order chi connectivity index (χ1) is 15.7. The highest BCUT2D eigenvalue weighted by Gasteiger charge is 2.31. The Morgan fingerprint density at radius 2 is 1.91 bits per heavy atom. The molecule has 1 saturated carbocycles. The summed E-state index contributed by atoms with van der Waals surface area (Å²) in [4.78, 5) is 18.5. The Morgan fingerprint density at radius 3 is 2.66 bits per heavy atom. The minimum Gasteiger partial charge on any atom is -0.351 e. The maximum Gasteiger partial charge on any atom is 0.223 e. The average molecular weight is 430 g/mol. The molecule has 0 amide bonds. The molecule has 7 nitrogen and oxygen atoms in total. The van der Waals surface area contributed by atoms with Crippen molar-refractivity contribution in [3.8, 4) is 22.6 Å². The molecule has 1 atom stereocenters. The number of fused-ring (bicyclic) bond motifs is 1. The molecule has 4 heterocycles. The van der Waals surface area contributed by atoms with E-state index in [2.05, 4.69) is 24.4 Å². The molecule has 0 spiro atoms. The Bertz CT molecular complexity index is 1230. The molecule has 2 aliphatic rings. The highest BCUT2D eigenvalue weighted by Crippen LogP contribution is 2.40. The number of aromatic nitrogens is 6. The molecule has 0 bridgehead atoms. The van der Waals surface area contributed by atoms with E-state index in [9.17, 15) is 4.39 Å². The molecule has 6 rings (SSSR count). The van der Waals surface area contributed by atoms with E-state index >= 15 is 0 Å². The second-order valence-corrected chi connectivity index (χ2v) is 8.59. The smallest absolute Gasteiger partial charge is 0.223 e. The van der Waals surface area contributed by atoms with Gasteiger partial charge in [-0.05, 0) is 56.0 Å². The van der Waals surface area contributed by atoms with E-state index in [0.29, 0.717) is 12.0 Å². The number of anilines is 1. The van der Waals surface area contributed by atoms with E-state index < -0.39 is 0 Å². The third-order valence-electron chi connectivity index (χ3n) is 6.49. The molecular formula is C24H24FN7. The molecule has 1 aliphatic carbocycles. The fourth-order valence-corrected chi connectivity index (χ4v) is 4.63. The molecular weight excluding hydrogens is 405 g/mol. The van der Waals surface area contributed by atoms with Crippen LogP contribution in [0.15, 0.2) is 55.2 Å². The van der Waals surface area contributed by atoms with Crippen LogP contribution in [-0.2, 0) is 13.0 Å². The second kappa shape index (κ2) is 7.85. The van der Waals surface area contributed by atoms with Gasteiger partial charge in [0.2, 0.25) is 5.95 Å². The monoisotopic (exact) mass is 429 g/mol.